The second kappa shape index (κ2) is 10.0. The monoisotopic (exact) mass is 385 g/mol. The fourth-order valence-electron chi connectivity index (χ4n) is 2.41. The lowest BCUT2D eigenvalue weighted by molar-refractivity contribution is -0.111. The van der Waals surface area contributed by atoms with Gasteiger partial charge in [0.2, 0.25) is 5.91 Å². The van der Waals surface area contributed by atoms with Crippen LogP contribution in [0.2, 0.25) is 0 Å². The number of methoxy groups -OCH3 is 2. The van der Waals surface area contributed by atoms with Crippen molar-refractivity contribution in [3.8, 4) is 17.2 Å². The van der Waals surface area contributed by atoms with Gasteiger partial charge in [-0.15, -0.1) is 0 Å². The van der Waals surface area contributed by atoms with E-state index in [9.17, 15) is 14.7 Å². The normalized spacial score (nSPS) is 10.5. The predicted octanol–water partition coefficient (Wildman–Crippen LogP) is 3.84. The number of carboxylic acids is 1. The van der Waals surface area contributed by atoms with Crippen molar-refractivity contribution in [1.82, 2.24) is 0 Å². The van der Waals surface area contributed by atoms with E-state index in [0.29, 0.717) is 35.1 Å². The number of carbonyl (C=O) groups is 2. The average Bonchev–Trinajstić information content (AvgIpc) is 2.70. The molecule has 28 heavy (non-hydrogen) atoms. The van der Waals surface area contributed by atoms with E-state index in [1.165, 1.54) is 31.4 Å². The molecular weight excluding hydrogens is 362 g/mol. The Hall–Kier alpha value is -3.48. The number of aromatic carboxylic acids is 1. The number of carboxylic acid groups (broad SMARTS) is 1. The second-order valence-corrected chi connectivity index (χ2v) is 5.80. The minimum Gasteiger partial charge on any atom is -0.497 e. The summed E-state index contributed by atoms with van der Waals surface area (Å²) in [6.45, 7) is 2.40. The summed E-state index contributed by atoms with van der Waals surface area (Å²) in [4.78, 5) is 23.6. The van der Waals surface area contributed by atoms with Gasteiger partial charge in [0.25, 0.3) is 0 Å². The van der Waals surface area contributed by atoms with E-state index < -0.39 is 11.9 Å². The lowest BCUT2D eigenvalue weighted by Crippen LogP contribution is -2.11. The SMILES string of the molecule is CCCOc1ccc(C(=O)O)cc1NC(=O)/C=C/c1cc(OC)ccc1OC. The molecule has 0 radical (unpaired) electrons. The summed E-state index contributed by atoms with van der Waals surface area (Å²) in [5, 5.41) is 11.8. The Morgan fingerprint density at radius 2 is 1.82 bits per heavy atom. The molecule has 0 aliphatic heterocycles. The first kappa shape index (κ1) is 20.8. The molecule has 0 bridgehead atoms. The van der Waals surface area contributed by atoms with Gasteiger partial charge in [0, 0.05) is 11.6 Å². The zero-order chi connectivity index (χ0) is 20.5. The Morgan fingerprint density at radius 1 is 1.07 bits per heavy atom. The van der Waals surface area contributed by atoms with Crippen LogP contribution in [0.15, 0.2) is 42.5 Å². The number of anilines is 1. The van der Waals surface area contributed by atoms with Gasteiger partial charge in [-0.2, -0.15) is 0 Å². The van der Waals surface area contributed by atoms with Crippen LogP contribution in [0.25, 0.3) is 6.08 Å². The van der Waals surface area contributed by atoms with Crippen LogP contribution < -0.4 is 19.5 Å². The molecule has 0 aromatic heterocycles. The third-order valence-corrected chi connectivity index (χ3v) is 3.80. The molecule has 0 saturated carbocycles. The zero-order valence-corrected chi connectivity index (χ0v) is 16.0. The number of rotatable bonds is 9. The Morgan fingerprint density at radius 3 is 2.46 bits per heavy atom. The quantitative estimate of drug-likeness (QED) is 0.637. The van der Waals surface area contributed by atoms with Gasteiger partial charge in [-0.3, -0.25) is 4.79 Å². The first-order chi connectivity index (χ1) is 13.5. The molecule has 2 rings (SSSR count). The van der Waals surface area contributed by atoms with E-state index in [2.05, 4.69) is 5.32 Å². The lowest BCUT2D eigenvalue weighted by Gasteiger charge is -2.12. The first-order valence-electron chi connectivity index (χ1n) is 8.69. The second-order valence-electron chi connectivity index (χ2n) is 5.80. The van der Waals surface area contributed by atoms with Gasteiger partial charge in [0.05, 0.1) is 32.1 Å². The zero-order valence-electron chi connectivity index (χ0n) is 16.0. The molecule has 0 atom stereocenters. The van der Waals surface area contributed by atoms with Crippen molar-refractivity contribution in [2.45, 2.75) is 13.3 Å². The summed E-state index contributed by atoms with van der Waals surface area (Å²) in [7, 11) is 3.09. The highest BCUT2D eigenvalue weighted by molar-refractivity contribution is 6.03. The van der Waals surface area contributed by atoms with Crippen LogP contribution in [0.5, 0.6) is 17.2 Å². The first-order valence-corrected chi connectivity index (χ1v) is 8.69. The Bertz CT molecular complexity index is 875. The Kier molecular flexibility index (Phi) is 7.45. The van der Waals surface area contributed by atoms with Crippen LogP contribution in [0, 0.1) is 0 Å². The molecule has 2 aromatic carbocycles. The molecule has 0 spiro atoms. The van der Waals surface area contributed by atoms with Crippen molar-refractivity contribution in [2.24, 2.45) is 0 Å². The van der Waals surface area contributed by atoms with Crippen LogP contribution >= 0.6 is 0 Å². The van der Waals surface area contributed by atoms with Crippen molar-refractivity contribution in [2.75, 3.05) is 26.1 Å². The summed E-state index contributed by atoms with van der Waals surface area (Å²) in [5.74, 6) is 0.102. The van der Waals surface area contributed by atoms with E-state index >= 15 is 0 Å². The summed E-state index contributed by atoms with van der Waals surface area (Å²) in [6, 6.07) is 9.56. The summed E-state index contributed by atoms with van der Waals surface area (Å²) in [5.41, 5.74) is 1.01. The number of hydrogen-bond donors (Lipinski definition) is 2. The van der Waals surface area contributed by atoms with Crippen LogP contribution in [-0.2, 0) is 4.79 Å². The van der Waals surface area contributed by atoms with E-state index in [1.54, 1.807) is 31.4 Å². The van der Waals surface area contributed by atoms with Gasteiger partial charge >= 0.3 is 5.97 Å². The van der Waals surface area contributed by atoms with Crippen molar-refractivity contribution in [3.63, 3.8) is 0 Å². The molecule has 0 aliphatic carbocycles. The molecule has 0 fully saturated rings. The summed E-state index contributed by atoms with van der Waals surface area (Å²) < 4.78 is 16.0. The predicted molar refractivity (Wildman–Crippen MR) is 106 cm³/mol. The Balaban J connectivity index is 2.23. The molecule has 2 aromatic rings. The largest absolute Gasteiger partial charge is 0.497 e. The minimum absolute atomic E-state index is 0.0533. The molecule has 0 aliphatic rings. The number of ether oxygens (including phenoxy) is 3. The van der Waals surface area contributed by atoms with E-state index in [0.717, 1.165) is 6.42 Å². The molecule has 0 heterocycles. The number of carbonyl (C=O) groups excluding carboxylic acids is 1. The average molecular weight is 385 g/mol. The van der Waals surface area contributed by atoms with Crippen LogP contribution in [0.3, 0.4) is 0 Å². The van der Waals surface area contributed by atoms with Gasteiger partial charge in [-0.25, -0.2) is 4.79 Å². The molecule has 1 amide bonds. The van der Waals surface area contributed by atoms with Gasteiger partial charge in [0.1, 0.15) is 17.2 Å². The fraction of sp³-hybridized carbons (Fsp3) is 0.238. The minimum atomic E-state index is -1.09. The number of nitrogens with one attached hydrogen (secondary N) is 1. The third-order valence-electron chi connectivity index (χ3n) is 3.80. The van der Waals surface area contributed by atoms with E-state index in [-0.39, 0.29) is 5.56 Å². The maximum atomic E-state index is 12.4. The standard InChI is InChI=1S/C21H23NO6/c1-4-11-28-19-8-5-15(21(24)25)13-17(19)22-20(23)10-6-14-12-16(26-2)7-9-18(14)27-3/h5-10,12-13H,4,11H2,1-3H3,(H,22,23)(H,24,25)/b10-6+. The third kappa shape index (κ3) is 5.51. The highest BCUT2D eigenvalue weighted by atomic mass is 16.5. The summed E-state index contributed by atoms with van der Waals surface area (Å²) in [6.07, 6.45) is 3.70. The van der Waals surface area contributed by atoms with Crippen molar-refractivity contribution in [3.05, 3.63) is 53.6 Å². The maximum absolute atomic E-state index is 12.4. The number of amides is 1. The van der Waals surface area contributed by atoms with E-state index in [4.69, 9.17) is 14.2 Å². The molecule has 0 saturated heterocycles. The van der Waals surface area contributed by atoms with Gasteiger partial charge in [-0.05, 0) is 48.9 Å². The fourth-order valence-corrected chi connectivity index (χ4v) is 2.41. The molecule has 148 valence electrons. The van der Waals surface area contributed by atoms with Gasteiger partial charge in [-0.1, -0.05) is 6.92 Å². The molecular formula is C21H23NO6. The topological polar surface area (TPSA) is 94.1 Å². The molecule has 7 nitrogen and oxygen atoms in total. The number of benzene rings is 2. The molecule has 0 unspecified atom stereocenters. The highest BCUT2D eigenvalue weighted by Gasteiger charge is 2.11. The van der Waals surface area contributed by atoms with Crippen LogP contribution in [0.4, 0.5) is 5.69 Å². The maximum Gasteiger partial charge on any atom is 0.335 e. The lowest BCUT2D eigenvalue weighted by atomic mass is 10.1. The highest BCUT2D eigenvalue weighted by Crippen LogP contribution is 2.27. The van der Waals surface area contributed by atoms with Crippen molar-refractivity contribution < 1.29 is 28.9 Å². The van der Waals surface area contributed by atoms with Crippen LogP contribution in [0.1, 0.15) is 29.3 Å². The number of hydrogen-bond acceptors (Lipinski definition) is 5. The van der Waals surface area contributed by atoms with Gasteiger partial charge < -0.3 is 24.6 Å². The van der Waals surface area contributed by atoms with Crippen molar-refractivity contribution >= 4 is 23.6 Å². The van der Waals surface area contributed by atoms with Crippen molar-refractivity contribution in [1.29, 1.82) is 0 Å². The molecule has 2 N–H and O–H groups in total. The van der Waals surface area contributed by atoms with Gasteiger partial charge in [0.15, 0.2) is 0 Å². The van der Waals surface area contributed by atoms with Crippen LogP contribution in [-0.4, -0.2) is 37.8 Å². The van der Waals surface area contributed by atoms with E-state index in [1.807, 2.05) is 6.92 Å². The summed E-state index contributed by atoms with van der Waals surface area (Å²) >= 11 is 0. The Labute approximate surface area is 163 Å². The molecule has 7 heteroatoms. The smallest absolute Gasteiger partial charge is 0.335 e.